The first-order valence-electron chi connectivity index (χ1n) is 5.42. The third kappa shape index (κ3) is 1.60. The molecule has 0 fully saturated rings. The van der Waals surface area contributed by atoms with E-state index in [0.717, 1.165) is 22.3 Å². The van der Waals surface area contributed by atoms with Crippen molar-refractivity contribution >= 4 is 11.0 Å². The third-order valence-electron chi connectivity index (χ3n) is 2.78. The summed E-state index contributed by atoms with van der Waals surface area (Å²) < 4.78 is 1.96. The maximum Gasteiger partial charge on any atom is 0.232 e. The van der Waals surface area contributed by atoms with E-state index in [9.17, 15) is 0 Å². The topological polar surface area (TPSA) is 67.4 Å². The smallest absolute Gasteiger partial charge is 0.232 e. The average molecular weight is 235 g/mol. The lowest BCUT2D eigenvalue weighted by atomic mass is 10.1. The first kappa shape index (κ1) is 10.4. The lowest BCUT2D eigenvalue weighted by Gasteiger charge is -2.01. The van der Waals surface area contributed by atoms with Crippen LogP contribution in [0.25, 0.3) is 22.3 Å². The van der Waals surface area contributed by atoms with Crippen LogP contribution in [0.4, 0.5) is 0 Å². The number of hydrogen-bond donors (Lipinski definition) is 0. The quantitative estimate of drug-likeness (QED) is 0.646. The van der Waals surface area contributed by atoms with Gasteiger partial charge in [-0.15, -0.1) is 0 Å². The Bertz CT molecular complexity index is 766. The predicted octanol–water partition coefficient (Wildman–Crippen LogP) is 1.90. The van der Waals surface area contributed by atoms with Crippen molar-refractivity contribution in [2.24, 2.45) is 7.05 Å². The Balaban J connectivity index is 2.16. The van der Waals surface area contributed by atoms with Gasteiger partial charge in [0.2, 0.25) is 5.82 Å². The van der Waals surface area contributed by atoms with Gasteiger partial charge < -0.3 is 4.57 Å². The molecular formula is C13H9N5. The molecule has 0 amide bonds. The van der Waals surface area contributed by atoms with Crippen LogP contribution < -0.4 is 0 Å². The summed E-state index contributed by atoms with van der Waals surface area (Å²) in [7, 11) is 1.95. The van der Waals surface area contributed by atoms with Gasteiger partial charge in [-0.2, -0.15) is 5.26 Å². The summed E-state index contributed by atoms with van der Waals surface area (Å²) >= 11 is 0. The zero-order valence-corrected chi connectivity index (χ0v) is 9.70. The van der Waals surface area contributed by atoms with Crippen LogP contribution in [-0.2, 0) is 7.05 Å². The molecule has 0 saturated heterocycles. The largest absolute Gasteiger partial charge is 0.334 e. The van der Waals surface area contributed by atoms with Crippen molar-refractivity contribution in [2.45, 2.75) is 0 Å². The molecule has 0 aliphatic heterocycles. The van der Waals surface area contributed by atoms with E-state index in [1.807, 2.05) is 35.9 Å². The van der Waals surface area contributed by atoms with E-state index in [2.05, 4.69) is 15.0 Å². The predicted molar refractivity (Wildman–Crippen MR) is 66.5 cm³/mol. The first-order valence-corrected chi connectivity index (χ1v) is 5.42. The van der Waals surface area contributed by atoms with E-state index in [4.69, 9.17) is 5.26 Å². The minimum absolute atomic E-state index is 0.175. The molecule has 3 rings (SSSR count). The number of benzene rings is 1. The van der Waals surface area contributed by atoms with Gasteiger partial charge in [-0.25, -0.2) is 15.0 Å². The molecule has 0 aliphatic rings. The normalized spacial score (nSPS) is 10.4. The molecule has 0 atom stereocenters. The summed E-state index contributed by atoms with van der Waals surface area (Å²) in [5.74, 6) is 0.175. The second-order valence-corrected chi connectivity index (χ2v) is 3.94. The highest BCUT2D eigenvalue weighted by Gasteiger charge is 2.05. The molecule has 2 aromatic heterocycles. The Morgan fingerprint density at radius 3 is 2.94 bits per heavy atom. The molecule has 86 valence electrons. The number of imidazole rings is 1. The summed E-state index contributed by atoms with van der Waals surface area (Å²) in [5, 5.41) is 8.79. The lowest BCUT2D eigenvalue weighted by molar-refractivity contribution is 0.948. The van der Waals surface area contributed by atoms with E-state index < -0.39 is 0 Å². The van der Waals surface area contributed by atoms with Crippen LogP contribution in [-0.4, -0.2) is 19.5 Å². The van der Waals surface area contributed by atoms with Crippen molar-refractivity contribution in [1.82, 2.24) is 19.5 Å². The fourth-order valence-electron chi connectivity index (χ4n) is 1.87. The molecule has 5 heteroatoms. The molecular weight excluding hydrogens is 226 g/mol. The summed E-state index contributed by atoms with van der Waals surface area (Å²) in [6, 6.07) is 9.63. The number of fused-ring (bicyclic) bond motifs is 1. The van der Waals surface area contributed by atoms with Gasteiger partial charge in [0.1, 0.15) is 6.07 Å². The zero-order chi connectivity index (χ0) is 12.5. The van der Waals surface area contributed by atoms with E-state index >= 15 is 0 Å². The van der Waals surface area contributed by atoms with Crippen LogP contribution in [0.2, 0.25) is 0 Å². The van der Waals surface area contributed by atoms with E-state index in [0.29, 0.717) is 0 Å². The van der Waals surface area contributed by atoms with Gasteiger partial charge in [-0.05, 0) is 18.2 Å². The van der Waals surface area contributed by atoms with Gasteiger partial charge in [-0.1, -0.05) is 6.07 Å². The van der Waals surface area contributed by atoms with Crippen molar-refractivity contribution < 1.29 is 0 Å². The Hall–Kier alpha value is -2.74. The molecule has 2 heterocycles. The fraction of sp³-hybridized carbons (Fsp3) is 0.0769. The highest BCUT2D eigenvalue weighted by molar-refractivity contribution is 5.81. The van der Waals surface area contributed by atoms with E-state index in [1.54, 1.807) is 18.6 Å². The maximum absolute atomic E-state index is 8.79. The molecule has 0 bridgehead atoms. The Morgan fingerprint density at radius 1 is 1.22 bits per heavy atom. The highest BCUT2D eigenvalue weighted by Crippen LogP contribution is 2.21. The van der Waals surface area contributed by atoms with Crippen molar-refractivity contribution in [3.8, 4) is 17.3 Å². The molecule has 3 aromatic rings. The van der Waals surface area contributed by atoms with Crippen LogP contribution in [0.5, 0.6) is 0 Å². The van der Waals surface area contributed by atoms with Crippen molar-refractivity contribution in [2.75, 3.05) is 0 Å². The summed E-state index contributed by atoms with van der Waals surface area (Å²) in [6.07, 6.45) is 3.36. The molecule has 0 spiro atoms. The maximum atomic E-state index is 8.79. The standard InChI is InChI=1S/C13H9N5/c1-18-8-16-11-6-9(2-3-12(11)18)10-4-5-15-13(7-14)17-10/h2-6,8H,1H3. The van der Waals surface area contributed by atoms with Gasteiger partial charge in [0, 0.05) is 18.8 Å². The number of aryl methyl sites for hydroxylation is 1. The molecule has 0 aliphatic carbocycles. The average Bonchev–Trinajstić information content (AvgIpc) is 2.80. The van der Waals surface area contributed by atoms with Crippen LogP contribution in [0.15, 0.2) is 36.8 Å². The molecule has 0 radical (unpaired) electrons. The monoisotopic (exact) mass is 235 g/mol. The molecule has 1 aromatic carbocycles. The number of aromatic nitrogens is 4. The lowest BCUT2D eigenvalue weighted by Crippen LogP contribution is -1.91. The first-order chi connectivity index (χ1) is 8.78. The Morgan fingerprint density at radius 2 is 2.11 bits per heavy atom. The third-order valence-corrected chi connectivity index (χ3v) is 2.78. The van der Waals surface area contributed by atoms with Gasteiger partial charge in [-0.3, -0.25) is 0 Å². The van der Waals surface area contributed by atoms with Gasteiger partial charge in [0.05, 0.1) is 23.1 Å². The fourth-order valence-corrected chi connectivity index (χ4v) is 1.87. The van der Waals surface area contributed by atoms with Gasteiger partial charge in [0.25, 0.3) is 0 Å². The Kier molecular flexibility index (Phi) is 2.27. The minimum Gasteiger partial charge on any atom is -0.334 e. The van der Waals surface area contributed by atoms with Crippen molar-refractivity contribution in [1.29, 1.82) is 5.26 Å². The molecule has 0 unspecified atom stereocenters. The minimum atomic E-state index is 0.175. The highest BCUT2D eigenvalue weighted by atomic mass is 15.0. The molecule has 0 saturated carbocycles. The van der Waals surface area contributed by atoms with E-state index in [-0.39, 0.29) is 5.82 Å². The van der Waals surface area contributed by atoms with Gasteiger partial charge in [0.15, 0.2) is 0 Å². The Labute approximate surface area is 103 Å². The van der Waals surface area contributed by atoms with Crippen LogP contribution >= 0.6 is 0 Å². The van der Waals surface area contributed by atoms with Gasteiger partial charge >= 0.3 is 0 Å². The second kappa shape index (κ2) is 3.93. The van der Waals surface area contributed by atoms with Crippen LogP contribution in [0.1, 0.15) is 5.82 Å². The van der Waals surface area contributed by atoms with E-state index in [1.165, 1.54) is 0 Å². The number of hydrogen-bond acceptors (Lipinski definition) is 4. The van der Waals surface area contributed by atoms with Crippen molar-refractivity contribution in [3.63, 3.8) is 0 Å². The van der Waals surface area contributed by atoms with Crippen molar-refractivity contribution in [3.05, 3.63) is 42.6 Å². The van der Waals surface area contributed by atoms with Crippen LogP contribution in [0, 0.1) is 11.3 Å². The summed E-state index contributed by atoms with van der Waals surface area (Å²) in [5.41, 5.74) is 3.63. The number of rotatable bonds is 1. The number of nitrogens with zero attached hydrogens (tertiary/aromatic N) is 5. The zero-order valence-electron chi connectivity index (χ0n) is 9.70. The molecule has 18 heavy (non-hydrogen) atoms. The summed E-state index contributed by atoms with van der Waals surface area (Å²) in [4.78, 5) is 12.3. The van der Waals surface area contributed by atoms with Crippen LogP contribution in [0.3, 0.4) is 0 Å². The molecule has 0 N–H and O–H groups in total. The molecule has 5 nitrogen and oxygen atoms in total. The number of nitriles is 1. The second-order valence-electron chi connectivity index (χ2n) is 3.94. The SMILES string of the molecule is Cn1cnc2cc(-c3ccnc(C#N)n3)ccc21. The summed E-state index contributed by atoms with van der Waals surface area (Å²) in [6.45, 7) is 0.